The summed E-state index contributed by atoms with van der Waals surface area (Å²) < 4.78 is 0. The summed E-state index contributed by atoms with van der Waals surface area (Å²) in [4.78, 5) is 12.1. The molecule has 0 heterocycles. The fraction of sp³-hybridized carbons (Fsp3) is 0. The molecule has 2 aromatic rings. The van der Waals surface area contributed by atoms with Gasteiger partial charge in [0.15, 0.2) is 5.78 Å². The predicted octanol–water partition coefficient (Wildman–Crippen LogP) is 4.88. The van der Waals surface area contributed by atoms with Crippen molar-refractivity contribution in [3.05, 3.63) is 68.7 Å². The van der Waals surface area contributed by atoms with Crippen LogP contribution in [0.2, 0.25) is 15.1 Å². The van der Waals surface area contributed by atoms with Crippen LogP contribution in [0.25, 0.3) is 0 Å². The van der Waals surface area contributed by atoms with E-state index in [1.807, 2.05) is 0 Å². The van der Waals surface area contributed by atoms with Crippen LogP contribution in [0.15, 0.2) is 42.5 Å². The quantitative estimate of drug-likeness (QED) is 0.719. The minimum absolute atomic E-state index is 0.150. The molecule has 0 unspecified atom stereocenters. The Balaban J connectivity index is 2.40. The van der Waals surface area contributed by atoms with Gasteiger partial charge < -0.3 is 0 Å². The number of carbonyl (C=O) groups is 1. The minimum atomic E-state index is -0.150. The first-order valence-corrected chi connectivity index (χ1v) is 5.96. The van der Waals surface area contributed by atoms with Gasteiger partial charge in [-0.05, 0) is 42.5 Å². The van der Waals surface area contributed by atoms with Crippen LogP contribution >= 0.6 is 34.8 Å². The van der Waals surface area contributed by atoms with Crippen LogP contribution in [0, 0.1) is 0 Å². The third kappa shape index (κ3) is 2.81. The van der Waals surface area contributed by atoms with Gasteiger partial charge in [-0.25, -0.2) is 0 Å². The molecule has 0 amide bonds. The van der Waals surface area contributed by atoms with Gasteiger partial charge in [0.25, 0.3) is 0 Å². The summed E-state index contributed by atoms with van der Waals surface area (Å²) in [5.41, 5.74) is 0.969. The fourth-order valence-electron chi connectivity index (χ4n) is 1.43. The molecule has 0 spiro atoms. The van der Waals surface area contributed by atoms with Gasteiger partial charge in [0, 0.05) is 21.2 Å². The fourth-order valence-corrected chi connectivity index (χ4v) is 2.05. The first-order chi connectivity index (χ1) is 8.08. The number of rotatable bonds is 2. The maximum absolute atomic E-state index is 12.1. The van der Waals surface area contributed by atoms with Crippen LogP contribution in [0.4, 0.5) is 0 Å². The summed E-state index contributed by atoms with van der Waals surface area (Å²) in [6.45, 7) is 0. The van der Waals surface area contributed by atoms with Gasteiger partial charge in [-0.3, -0.25) is 4.79 Å². The molecule has 0 aliphatic rings. The van der Waals surface area contributed by atoms with E-state index in [9.17, 15) is 4.79 Å². The highest BCUT2D eigenvalue weighted by molar-refractivity contribution is 6.37. The lowest BCUT2D eigenvalue weighted by atomic mass is 10.0. The Bertz CT molecular complexity index is 561. The number of halogens is 3. The molecule has 0 saturated heterocycles. The zero-order chi connectivity index (χ0) is 12.4. The second kappa shape index (κ2) is 5.09. The Kier molecular flexibility index (Phi) is 3.72. The molecular weight excluding hydrogens is 279 g/mol. The summed E-state index contributed by atoms with van der Waals surface area (Å²) in [5.74, 6) is -0.150. The lowest BCUT2D eigenvalue weighted by molar-refractivity contribution is 0.103. The highest BCUT2D eigenvalue weighted by Crippen LogP contribution is 2.23. The van der Waals surface area contributed by atoms with Crippen molar-refractivity contribution in [3.63, 3.8) is 0 Å². The van der Waals surface area contributed by atoms with Crippen molar-refractivity contribution in [1.29, 1.82) is 0 Å². The summed E-state index contributed by atoms with van der Waals surface area (Å²) in [6.07, 6.45) is 0. The maximum Gasteiger partial charge on any atom is 0.194 e. The molecule has 1 nitrogen and oxygen atoms in total. The SMILES string of the molecule is O=C(c1ccc(Cl)cc1)c1ccc(Cl)cc1Cl. The van der Waals surface area contributed by atoms with Gasteiger partial charge in [-0.1, -0.05) is 34.8 Å². The van der Waals surface area contributed by atoms with Crippen molar-refractivity contribution in [1.82, 2.24) is 0 Å². The van der Waals surface area contributed by atoms with Crippen molar-refractivity contribution >= 4 is 40.6 Å². The third-order valence-corrected chi connectivity index (χ3v) is 3.08. The highest BCUT2D eigenvalue weighted by atomic mass is 35.5. The van der Waals surface area contributed by atoms with E-state index in [0.717, 1.165) is 0 Å². The largest absolute Gasteiger partial charge is 0.289 e. The van der Waals surface area contributed by atoms with Gasteiger partial charge in [-0.2, -0.15) is 0 Å². The van der Waals surface area contributed by atoms with Crippen molar-refractivity contribution in [2.75, 3.05) is 0 Å². The first kappa shape index (κ1) is 12.4. The number of benzene rings is 2. The molecule has 4 heteroatoms. The lowest BCUT2D eigenvalue weighted by Gasteiger charge is -2.04. The molecule has 0 aromatic heterocycles. The Morgan fingerprint density at radius 3 is 2.00 bits per heavy atom. The molecule has 2 rings (SSSR count). The van der Waals surface area contributed by atoms with E-state index >= 15 is 0 Å². The molecule has 0 atom stereocenters. The Labute approximate surface area is 114 Å². The Morgan fingerprint density at radius 2 is 1.41 bits per heavy atom. The zero-order valence-corrected chi connectivity index (χ0v) is 10.9. The smallest absolute Gasteiger partial charge is 0.194 e. The van der Waals surface area contributed by atoms with Crippen molar-refractivity contribution < 1.29 is 4.79 Å². The van der Waals surface area contributed by atoms with E-state index in [1.165, 1.54) is 0 Å². The Morgan fingerprint density at radius 1 is 0.824 bits per heavy atom. The summed E-state index contributed by atoms with van der Waals surface area (Å²) in [5, 5.41) is 1.43. The third-order valence-electron chi connectivity index (χ3n) is 2.28. The van der Waals surface area contributed by atoms with E-state index < -0.39 is 0 Å². The summed E-state index contributed by atoms with van der Waals surface area (Å²) in [6, 6.07) is 11.5. The second-order valence-corrected chi connectivity index (χ2v) is 4.74. The number of hydrogen-bond donors (Lipinski definition) is 0. The molecule has 86 valence electrons. The lowest BCUT2D eigenvalue weighted by Crippen LogP contribution is -2.01. The van der Waals surface area contributed by atoms with Crippen molar-refractivity contribution in [3.8, 4) is 0 Å². The van der Waals surface area contributed by atoms with E-state index in [-0.39, 0.29) is 5.78 Å². The average Bonchev–Trinajstić information content (AvgIpc) is 2.29. The van der Waals surface area contributed by atoms with E-state index in [2.05, 4.69) is 0 Å². The number of ketones is 1. The molecule has 0 bridgehead atoms. The van der Waals surface area contributed by atoms with Gasteiger partial charge in [0.2, 0.25) is 0 Å². The first-order valence-electron chi connectivity index (χ1n) is 4.83. The van der Waals surface area contributed by atoms with Crippen LogP contribution in [0.1, 0.15) is 15.9 Å². The Hall–Kier alpha value is -1.02. The number of carbonyl (C=O) groups excluding carboxylic acids is 1. The van der Waals surface area contributed by atoms with Crippen LogP contribution in [0.5, 0.6) is 0 Å². The molecule has 0 aliphatic carbocycles. The molecule has 0 radical (unpaired) electrons. The van der Waals surface area contributed by atoms with Crippen molar-refractivity contribution in [2.45, 2.75) is 0 Å². The highest BCUT2D eigenvalue weighted by Gasteiger charge is 2.12. The standard InChI is InChI=1S/C13H7Cl3O/c14-9-3-1-8(2-4-9)13(17)11-6-5-10(15)7-12(11)16/h1-7H. The van der Waals surface area contributed by atoms with Crippen LogP contribution in [-0.4, -0.2) is 5.78 Å². The van der Waals surface area contributed by atoms with Crippen LogP contribution < -0.4 is 0 Å². The van der Waals surface area contributed by atoms with Gasteiger partial charge >= 0.3 is 0 Å². The predicted molar refractivity (Wildman–Crippen MR) is 71.3 cm³/mol. The number of hydrogen-bond acceptors (Lipinski definition) is 1. The summed E-state index contributed by atoms with van der Waals surface area (Å²) in [7, 11) is 0. The van der Waals surface area contributed by atoms with Gasteiger partial charge in [-0.15, -0.1) is 0 Å². The molecule has 0 saturated carbocycles. The van der Waals surface area contributed by atoms with Crippen LogP contribution in [0.3, 0.4) is 0 Å². The maximum atomic E-state index is 12.1. The van der Waals surface area contributed by atoms with Gasteiger partial charge in [0.05, 0.1) is 5.02 Å². The normalized spacial score (nSPS) is 10.3. The molecule has 2 aromatic carbocycles. The van der Waals surface area contributed by atoms with Crippen LogP contribution in [-0.2, 0) is 0 Å². The summed E-state index contributed by atoms with van der Waals surface area (Å²) >= 11 is 17.5. The zero-order valence-electron chi connectivity index (χ0n) is 8.58. The molecular formula is C13H7Cl3O. The molecule has 17 heavy (non-hydrogen) atoms. The molecule has 0 N–H and O–H groups in total. The van der Waals surface area contributed by atoms with Gasteiger partial charge in [0.1, 0.15) is 0 Å². The monoisotopic (exact) mass is 284 g/mol. The van der Waals surface area contributed by atoms with E-state index in [0.29, 0.717) is 26.2 Å². The average molecular weight is 286 g/mol. The molecule has 0 fully saturated rings. The van der Waals surface area contributed by atoms with E-state index in [1.54, 1.807) is 42.5 Å². The molecule has 0 aliphatic heterocycles. The van der Waals surface area contributed by atoms with E-state index in [4.69, 9.17) is 34.8 Å². The minimum Gasteiger partial charge on any atom is -0.289 e. The second-order valence-electron chi connectivity index (χ2n) is 3.46. The van der Waals surface area contributed by atoms with Crippen molar-refractivity contribution in [2.24, 2.45) is 0 Å². The topological polar surface area (TPSA) is 17.1 Å².